The minimum absolute atomic E-state index is 0.221. The predicted molar refractivity (Wildman–Crippen MR) is 78.7 cm³/mol. The molecule has 0 fully saturated rings. The number of benzene rings is 1. The van der Waals surface area contributed by atoms with E-state index in [1.54, 1.807) is 13.2 Å². The molecule has 0 amide bonds. The average Bonchev–Trinajstić information content (AvgIpc) is 2.50. The van der Waals surface area contributed by atoms with Gasteiger partial charge in [0.05, 0.1) is 26.4 Å². The van der Waals surface area contributed by atoms with Crippen LogP contribution in [0, 0.1) is 0 Å². The minimum Gasteiger partial charge on any atom is -0.497 e. The third-order valence-electron chi connectivity index (χ3n) is 2.88. The first-order valence-corrected chi connectivity index (χ1v) is 6.92. The van der Waals surface area contributed by atoms with Gasteiger partial charge in [0.15, 0.2) is 0 Å². The van der Waals surface area contributed by atoms with Crippen LogP contribution < -0.4 is 4.74 Å². The molecular weight excluding hydrogens is 256 g/mol. The lowest BCUT2D eigenvalue weighted by Gasteiger charge is -2.05. The van der Waals surface area contributed by atoms with Gasteiger partial charge >= 0.3 is 0 Å². The zero-order valence-corrected chi connectivity index (χ0v) is 12.0. The quantitative estimate of drug-likeness (QED) is 0.510. The fraction of sp³-hybridized carbons (Fsp3) is 0.500. The second-order valence-corrected chi connectivity index (χ2v) is 4.57. The lowest BCUT2D eigenvalue weighted by Crippen LogP contribution is -2.06. The number of rotatable bonds is 10. The Balaban J connectivity index is 2.03. The molecule has 1 aromatic carbocycles. The summed E-state index contributed by atoms with van der Waals surface area (Å²) in [4.78, 5) is 0. The van der Waals surface area contributed by atoms with Gasteiger partial charge in [0.1, 0.15) is 5.75 Å². The van der Waals surface area contributed by atoms with E-state index in [1.165, 1.54) is 0 Å². The van der Waals surface area contributed by atoms with Crippen molar-refractivity contribution >= 4 is 0 Å². The van der Waals surface area contributed by atoms with Crippen molar-refractivity contribution in [2.24, 2.45) is 0 Å². The maximum atomic E-state index is 9.09. The monoisotopic (exact) mass is 280 g/mol. The Morgan fingerprint density at radius 2 is 1.95 bits per heavy atom. The second kappa shape index (κ2) is 10.4. The molecule has 0 spiro atoms. The summed E-state index contributed by atoms with van der Waals surface area (Å²) in [6, 6.07) is 7.85. The van der Waals surface area contributed by atoms with Crippen molar-refractivity contribution in [1.29, 1.82) is 0 Å². The van der Waals surface area contributed by atoms with Crippen molar-refractivity contribution < 1.29 is 19.7 Å². The van der Waals surface area contributed by atoms with E-state index in [9.17, 15) is 0 Å². The predicted octanol–water partition coefficient (Wildman–Crippen LogP) is 2.29. The van der Waals surface area contributed by atoms with Crippen LogP contribution in [0.25, 0.3) is 0 Å². The summed E-state index contributed by atoms with van der Waals surface area (Å²) in [5, 5.41) is 17.7. The van der Waals surface area contributed by atoms with E-state index in [2.05, 4.69) is 0 Å². The molecule has 4 nitrogen and oxygen atoms in total. The number of aliphatic hydroxyl groups excluding tert-OH is 2. The minimum atomic E-state index is -0.735. The Morgan fingerprint density at radius 3 is 2.60 bits per heavy atom. The first kappa shape index (κ1) is 16.7. The van der Waals surface area contributed by atoms with Gasteiger partial charge < -0.3 is 19.7 Å². The summed E-state index contributed by atoms with van der Waals surface area (Å²) in [6.07, 6.45) is 5.67. The molecule has 1 rings (SSSR count). The Labute approximate surface area is 120 Å². The standard InChI is InChI=1S/C16H24O4/c1-19-16-9-7-14(8-10-16)13-20-11-5-3-2-4-6-15(18)12-17/h4,6-10,15,17-18H,2-3,5,11-13H2,1H3/b6-4+/t15-/m0/s1. The third kappa shape index (κ3) is 7.28. The van der Waals surface area contributed by atoms with Crippen LogP contribution in [-0.4, -0.2) is 36.6 Å². The maximum Gasteiger partial charge on any atom is 0.118 e. The van der Waals surface area contributed by atoms with Crippen LogP contribution in [0.3, 0.4) is 0 Å². The molecule has 0 saturated heterocycles. The number of ether oxygens (including phenoxy) is 2. The molecule has 1 aromatic rings. The molecule has 1 atom stereocenters. The van der Waals surface area contributed by atoms with Crippen LogP contribution in [0.5, 0.6) is 5.75 Å². The third-order valence-corrected chi connectivity index (χ3v) is 2.88. The molecule has 0 bridgehead atoms. The molecule has 0 radical (unpaired) electrons. The topological polar surface area (TPSA) is 58.9 Å². The van der Waals surface area contributed by atoms with Crippen molar-refractivity contribution in [3.05, 3.63) is 42.0 Å². The number of aliphatic hydroxyl groups is 2. The Bertz CT molecular complexity index is 373. The molecule has 2 N–H and O–H groups in total. The molecule has 0 saturated carbocycles. The molecule has 0 heterocycles. The average molecular weight is 280 g/mol. The normalized spacial score (nSPS) is 12.8. The number of unbranched alkanes of at least 4 members (excludes halogenated alkanes) is 2. The lowest BCUT2D eigenvalue weighted by molar-refractivity contribution is 0.117. The highest BCUT2D eigenvalue weighted by Gasteiger charge is 1.96. The van der Waals surface area contributed by atoms with Gasteiger partial charge in [-0.3, -0.25) is 0 Å². The van der Waals surface area contributed by atoms with E-state index in [1.807, 2.05) is 30.3 Å². The van der Waals surface area contributed by atoms with Crippen LogP contribution in [0.2, 0.25) is 0 Å². The molecule has 0 aliphatic heterocycles. The first-order valence-electron chi connectivity index (χ1n) is 6.92. The van der Waals surface area contributed by atoms with Crippen LogP contribution in [0.15, 0.2) is 36.4 Å². The molecule has 0 aliphatic carbocycles. The van der Waals surface area contributed by atoms with E-state index >= 15 is 0 Å². The summed E-state index contributed by atoms with van der Waals surface area (Å²) in [6.45, 7) is 1.12. The van der Waals surface area contributed by atoms with Gasteiger partial charge in [-0.25, -0.2) is 0 Å². The SMILES string of the molecule is COc1ccc(COCCCC/C=C/[C@H](O)CO)cc1. The second-order valence-electron chi connectivity index (χ2n) is 4.57. The van der Waals surface area contributed by atoms with E-state index in [0.717, 1.165) is 37.2 Å². The molecular formula is C16H24O4. The Hall–Kier alpha value is -1.36. The highest BCUT2D eigenvalue weighted by Crippen LogP contribution is 2.12. The number of methoxy groups -OCH3 is 1. The molecule has 20 heavy (non-hydrogen) atoms. The number of hydrogen-bond acceptors (Lipinski definition) is 4. The first-order chi connectivity index (χ1) is 9.76. The molecule has 0 aliphatic rings. The van der Waals surface area contributed by atoms with Crippen molar-refractivity contribution in [2.75, 3.05) is 20.3 Å². The highest BCUT2D eigenvalue weighted by atomic mass is 16.5. The maximum absolute atomic E-state index is 9.09. The summed E-state index contributed by atoms with van der Waals surface area (Å²) in [7, 11) is 1.65. The fourth-order valence-corrected chi connectivity index (χ4v) is 1.69. The highest BCUT2D eigenvalue weighted by molar-refractivity contribution is 5.26. The van der Waals surface area contributed by atoms with Crippen LogP contribution >= 0.6 is 0 Å². The smallest absolute Gasteiger partial charge is 0.118 e. The van der Waals surface area contributed by atoms with E-state index in [0.29, 0.717) is 6.61 Å². The van der Waals surface area contributed by atoms with Crippen LogP contribution in [-0.2, 0) is 11.3 Å². The van der Waals surface area contributed by atoms with Gasteiger partial charge in [-0.15, -0.1) is 0 Å². The number of allylic oxidation sites excluding steroid dienone is 1. The van der Waals surface area contributed by atoms with E-state index in [4.69, 9.17) is 19.7 Å². The van der Waals surface area contributed by atoms with E-state index in [-0.39, 0.29) is 6.61 Å². The Morgan fingerprint density at radius 1 is 1.20 bits per heavy atom. The van der Waals surface area contributed by atoms with Crippen molar-refractivity contribution in [3.63, 3.8) is 0 Å². The number of hydrogen-bond donors (Lipinski definition) is 2. The van der Waals surface area contributed by atoms with Crippen LogP contribution in [0.1, 0.15) is 24.8 Å². The zero-order valence-electron chi connectivity index (χ0n) is 12.0. The fourth-order valence-electron chi connectivity index (χ4n) is 1.69. The van der Waals surface area contributed by atoms with Gasteiger partial charge in [0.2, 0.25) is 0 Å². The molecule has 0 unspecified atom stereocenters. The van der Waals surface area contributed by atoms with Gasteiger partial charge in [0, 0.05) is 6.61 Å². The molecule has 112 valence electrons. The van der Waals surface area contributed by atoms with Gasteiger partial charge in [-0.1, -0.05) is 24.3 Å². The Kier molecular flexibility index (Phi) is 8.71. The van der Waals surface area contributed by atoms with Crippen molar-refractivity contribution in [1.82, 2.24) is 0 Å². The zero-order chi connectivity index (χ0) is 14.6. The lowest BCUT2D eigenvalue weighted by atomic mass is 10.2. The van der Waals surface area contributed by atoms with Gasteiger partial charge in [-0.05, 0) is 37.0 Å². The van der Waals surface area contributed by atoms with E-state index < -0.39 is 6.10 Å². The molecule has 0 aromatic heterocycles. The summed E-state index contributed by atoms with van der Waals surface area (Å²) in [5.41, 5.74) is 1.14. The summed E-state index contributed by atoms with van der Waals surface area (Å²) < 4.78 is 10.7. The summed E-state index contributed by atoms with van der Waals surface area (Å²) in [5.74, 6) is 0.852. The molecule has 4 heteroatoms. The van der Waals surface area contributed by atoms with Crippen molar-refractivity contribution in [3.8, 4) is 5.75 Å². The largest absolute Gasteiger partial charge is 0.497 e. The van der Waals surface area contributed by atoms with Crippen molar-refractivity contribution in [2.45, 2.75) is 32.0 Å². The van der Waals surface area contributed by atoms with Crippen LogP contribution in [0.4, 0.5) is 0 Å². The summed E-state index contributed by atoms with van der Waals surface area (Å²) >= 11 is 0. The van der Waals surface area contributed by atoms with Gasteiger partial charge in [-0.2, -0.15) is 0 Å². The van der Waals surface area contributed by atoms with Gasteiger partial charge in [0.25, 0.3) is 0 Å².